The molecule has 0 saturated carbocycles. The molecule has 1 aromatic rings. The maximum Gasteiger partial charge on any atom is 0.187 e. The molecule has 7 heteroatoms. The predicted molar refractivity (Wildman–Crippen MR) is 88.0 cm³/mol. The van der Waals surface area contributed by atoms with Crippen LogP contribution >= 0.6 is 23.8 Å². The average molecular weight is 328 g/mol. The van der Waals surface area contributed by atoms with E-state index in [2.05, 4.69) is 15.8 Å². The third kappa shape index (κ3) is 4.84. The van der Waals surface area contributed by atoms with Gasteiger partial charge < -0.3 is 15.2 Å². The van der Waals surface area contributed by atoms with Crippen LogP contribution in [0.4, 0.5) is 0 Å². The summed E-state index contributed by atoms with van der Waals surface area (Å²) in [5.74, 6) is 0.126. The molecule has 0 amide bonds. The largest absolute Gasteiger partial charge is 0.507 e. The number of phenols is 1. The molecule has 114 valence electrons. The minimum atomic E-state index is 0.126. The standard InChI is InChI=1S/C14H18ClN3O2S/c1-9(12-7-10(15)4-5-13(12)19)17-18-14(21)16-8-11-3-2-6-20-11/h4-5,7,11,19H,2-3,6,8H2,1H3,(H2,16,18,21)/b17-9+/t11-/m1/s1. The number of benzene rings is 1. The Morgan fingerprint density at radius 3 is 3.10 bits per heavy atom. The Labute approximate surface area is 134 Å². The lowest BCUT2D eigenvalue weighted by atomic mass is 10.1. The minimum Gasteiger partial charge on any atom is -0.507 e. The monoisotopic (exact) mass is 327 g/mol. The van der Waals surface area contributed by atoms with E-state index in [-0.39, 0.29) is 11.9 Å². The summed E-state index contributed by atoms with van der Waals surface area (Å²) in [4.78, 5) is 0. The van der Waals surface area contributed by atoms with E-state index in [1.54, 1.807) is 19.1 Å². The molecule has 21 heavy (non-hydrogen) atoms. The number of thiocarbonyl (C=S) groups is 1. The lowest BCUT2D eigenvalue weighted by molar-refractivity contribution is 0.114. The van der Waals surface area contributed by atoms with Gasteiger partial charge in [-0.15, -0.1) is 0 Å². The van der Waals surface area contributed by atoms with Gasteiger partial charge in [-0.1, -0.05) is 11.6 Å². The van der Waals surface area contributed by atoms with Crippen molar-refractivity contribution in [3.63, 3.8) is 0 Å². The number of hydrogen-bond donors (Lipinski definition) is 3. The van der Waals surface area contributed by atoms with Gasteiger partial charge in [0.05, 0.1) is 11.8 Å². The quantitative estimate of drug-likeness (QED) is 0.450. The van der Waals surface area contributed by atoms with Crippen LogP contribution < -0.4 is 10.7 Å². The number of nitrogens with one attached hydrogen (secondary N) is 2. The van der Waals surface area contributed by atoms with E-state index in [1.807, 2.05) is 0 Å². The van der Waals surface area contributed by atoms with Gasteiger partial charge in [-0.25, -0.2) is 0 Å². The van der Waals surface area contributed by atoms with Crippen LogP contribution in [0.2, 0.25) is 5.02 Å². The van der Waals surface area contributed by atoms with Crippen LogP contribution in [0.15, 0.2) is 23.3 Å². The first-order valence-corrected chi connectivity index (χ1v) is 7.53. The number of ether oxygens (including phenoxy) is 1. The van der Waals surface area contributed by atoms with Crippen LogP contribution in [0.25, 0.3) is 0 Å². The Bertz CT molecular complexity index is 545. The van der Waals surface area contributed by atoms with Crippen molar-refractivity contribution in [1.29, 1.82) is 0 Å². The van der Waals surface area contributed by atoms with Crippen molar-refractivity contribution in [2.24, 2.45) is 5.10 Å². The molecule has 1 aliphatic rings. The smallest absolute Gasteiger partial charge is 0.187 e. The summed E-state index contributed by atoms with van der Waals surface area (Å²) in [6.07, 6.45) is 2.36. The number of hydrogen-bond acceptors (Lipinski definition) is 4. The lowest BCUT2D eigenvalue weighted by Crippen LogP contribution is -2.37. The SMILES string of the molecule is C/C(=N\NC(=S)NC[C@H]1CCCO1)c1cc(Cl)ccc1O. The lowest BCUT2D eigenvalue weighted by Gasteiger charge is -2.12. The van der Waals surface area contributed by atoms with Crippen LogP contribution in [0.5, 0.6) is 5.75 Å². The molecule has 3 N–H and O–H groups in total. The third-order valence-corrected chi connectivity index (χ3v) is 3.66. The van der Waals surface area contributed by atoms with Crippen molar-refractivity contribution < 1.29 is 9.84 Å². The van der Waals surface area contributed by atoms with Crippen molar-refractivity contribution in [2.45, 2.75) is 25.9 Å². The Morgan fingerprint density at radius 2 is 2.38 bits per heavy atom. The molecule has 1 heterocycles. The van der Waals surface area contributed by atoms with Crippen molar-refractivity contribution in [3.05, 3.63) is 28.8 Å². The molecule has 1 aromatic carbocycles. The molecule has 0 bridgehead atoms. The summed E-state index contributed by atoms with van der Waals surface area (Å²) in [6, 6.07) is 4.81. The van der Waals surface area contributed by atoms with Crippen molar-refractivity contribution >= 4 is 34.6 Å². The van der Waals surface area contributed by atoms with Crippen LogP contribution in [0.1, 0.15) is 25.3 Å². The highest BCUT2D eigenvalue weighted by atomic mass is 35.5. The average Bonchev–Trinajstić information content (AvgIpc) is 2.98. The maximum atomic E-state index is 9.79. The van der Waals surface area contributed by atoms with Gasteiger partial charge in [0.1, 0.15) is 5.75 Å². The van der Waals surface area contributed by atoms with Crippen LogP contribution in [0, 0.1) is 0 Å². The zero-order valence-corrected chi connectivity index (χ0v) is 13.3. The molecule has 1 saturated heterocycles. The molecule has 1 aliphatic heterocycles. The topological polar surface area (TPSA) is 65.9 Å². The Hall–Kier alpha value is -1.37. The molecule has 1 fully saturated rings. The third-order valence-electron chi connectivity index (χ3n) is 3.19. The maximum absolute atomic E-state index is 9.79. The number of aromatic hydroxyl groups is 1. The summed E-state index contributed by atoms with van der Waals surface area (Å²) in [6.45, 7) is 3.25. The number of hydrazone groups is 1. The first-order chi connectivity index (χ1) is 10.1. The Balaban J connectivity index is 1.87. The van der Waals surface area contributed by atoms with Gasteiger partial charge in [0.15, 0.2) is 5.11 Å². The van der Waals surface area contributed by atoms with E-state index in [4.69, 9.17) is 28.6 Å². The summed E-state index contributed by atoms with van der Waals surface area (Å²) in [5, 5.41) is 17.9. The second-order valence-electron chi connectivity index (χ2n) is 4.82. The van der Waals surface area contributed by atoms with Gasteiger partial charge in [-0.05, 0) is 50.2 Å². The second-order valence-corrected chi connectivity index (χ2v) is 5.66. The van der Waals surface area contributed by atoms with Gasteiger partial charge in [0, 0.05) is 23.7 Å². The fourth-order valence-electron chi connectivity index (χ4n) is 2.04. The highest BCUT2D eigenvalue weighted by Crippen LogP contribution is 2.21. The molecule has 0 aliphatic carbocycles. The highest BCUT2D eigenvalue weighted by molar-refractivity contribution is 7.80. The number of rotatable bonds is 4. The van der Waals surface area contributed by atoms with E-state index in [0.29, 0.717) is 28.0 Å². The summed E-state index contributed by atoms with van der Waals surface area (Å²) < 4.78 is 5.49. The van der Waals surface area contributed by atoms with Crippen molar-refractivity contribution in [3.8, 4) is 5.75 Å². The van der Waals surface area contributed by atoms with Crippen molar-refractivity contribution in [1.82, 2.24) is 10.7 Å². The molecular formula is C14H18ClN3O2S. The van der Waals surface area contributed by atoms with E-state index in [0.717, 1.165) is 19.4 Å². The fourth-order valence-corrected chi connectivity index (χ4v) is 2.35. The molecule has 0 aromatic heterocycles. The van der Waals surface area contributed by atoms with Gasteiger partial charge in [-0.2, -0.15) is 5.10 Å². The Morgan fingerprint density at radius 1 is 1.57 bits per heavy atom. The fraction of sp³-hybridized carbons (Fsp3) is 0.429. The normalized spacial score (nSPS) is 18.6. The minimum absolute atomic E-state index is 0.126. The summed E-state index contributed by atoms with van der Waals surface area (Å²) in [5.41, 5.74) is 3.91. The van der Waals surface area contributed by atoms with E-state index in [9.17, 15) is 5.11 Å². The zero-order valence-electron chi connectivity index (χ0n) is 11.7. The van der Waals surface area contributed by atoms with Crippen LogP contribution in [-0.4, -0.2) is 35.2 Å². The first kappa shape index (κ1) is 16.0. The molecule has 2 rings (SSSR count). The van der Waals surface area contributed by atoms with Crippen LogP contribution in [-0.2, 0) is 4.74 Å². The predicted octanol–water partition coefficient (Wildman–Crippen LogP) is 2.41. The van der Waals surface area contributed by atoms with Gasteiger partial charge >= 0.3 is 0 Å². The van der Waals surface area contributed by atoms with Crippen LogP contribution in [0.3, 0.4) is 0 Å². The van der Waals surface area contributed by atoms with Gasteiger partial charge in [-0.3, -0.25) is 5.43 Å². The van der Waals surface area contributed by atoms with Gasteiger partial charge in [0.2, 0.25) is 0 Å². The molecule has 5 nitrogen and oxygen atoms in total. The van der Waals surface area contributed by atoms with E-state index >= 15 is 0 Å². The van der Waals surface area contributed by atoms with Crippen molar-refractivity contribution in [2.75, 3.05) is 13.2 Å². The molecule has 0 radical (unpaired) electrons. The number of halogens is 1. The molecule has 0 spiro atoms. The van der Waals surface area contributed by atoms with Gasteiger partial charge in [0.25, 0.3) is 0 Å². The number of nitrogens with zero attached hydrogens (tertiary/aromatic N) is 1. The summed E-state index contributed by atoms with van der Waals surface area (Å²) in [7, 11) is 0. The van der Waals surface area contributed by atoms with E-state index < -0.39 is 0 Å². The zero-order chi connectivity index (χ0) is 15.2. The number of phenolic OH excluding ortho intramolecular Hbond substituents is 1. The molecule has 0 unspecified atom stereocenters. The first-order valence-electron chi connectivity index (χ1n) is 6.75. The highest BCUT2D eigenvalue weighted by Gasteiger charge is 2.15. The molecular weight excluding hydrogens is 310 g/mol. The second kappa shape index (κ2) is 7.59. The summed E-state index contributed by atoms with van der Waals surface area (Å²) >= 11 is 11.0. The molecule has 1 atom stereocenters. The Kier molecular flexibility index (Phi) is 5.78. The van der Waals surface area contributed by atoms with E-state index in [1.165, 1.54) is 6.07 Å².